The minimum Gasteiger partial charge on any atom is -0.448 e. The Balaban J connectivity index is 1.59. The number of ether oxygens (including phenoxy) is 1. The zero-order chi connectivity index (χ0) is 19.8. The maximum absolute atomic E-state index is 12.3. The van der Waals surface area contributed by atoms with E-state index >= 15 is 0 Å². The molecule has 1 fully saturated rings. The molecule has 1 aliphatic heterocycles. The van der Waals surface area contributed by atoms with Crippen LogP contribution in [0.3, 0.4) is 0 Å². The number of ketones is 1. The summed E-state index contributed by atoms with van der Waals surface area (Å²) in [5, 5.41) is 0. The van der Waals surface area contributed by atoms with Gasteiger partial charge in [-0.15, -0.1) is 0 Å². The van der Waals surface area contributed by atoms with Gasteiger partial charge in [0.1, 0.15) is 12.4 Å². The number of carbonyl (C=O) groups is 2. The molecule has 0 N–H and O–H groups in total. The number of Topliss-reactive ketones (excluding diaryl/α,β-unsaturated/α-hetero) is 1. The lowest BCUT2D eigenvalue weighted by Gasteiger charge is -2.30. The lowest BCUT2D eigenvalue weighted by atomic mass is 10.1. The van der Waals surface area contributed by atoms with E-state index in [2.05, 4.69) is 36.1 Å². The van der Waals surface area contributed by atoms with Gasteiger partial charge in [0.05, 0.1) is 0 Å². The van der Waals surface area contributed by atoms with Crippen LogP contribution in [0.2, 0.25) is 0 Å². The minimum atomic E-state index is -0.321. The summed E-state index contributed by atoms with van der Waals surface area (Å²) in [5.41, 5.74) is 2.46. The number of amides is 1. The molecule has 1 saturated heterocycles. The van der Waals surface area contributed by atoms with Crippen LogP contribution in [0.1, 0.15) is 30.9 Å². The number of nitrogens with zero attached hydrogens (tertiary/aromatic N) is 2. The van der Waals surface area contributed by atoms with Crippen LogP contribution in [0, 0.1) is 0 Å². The predicted molar refractivity (Wildman–Crippen MR) is 109 cm³/mol. The van der Waals surface area contributed by atoms with Crippen molar-refractivity contribution in [2.75, 3.05) is 19.7 Å². The number of rotatable bonds is 7. The smallest absolute Gasteiger partial charge is 0.409 e. The predicted octanol–water partition coefficient (Wildman–Crippen LogP) is 3.88. The zero-order valence-corrected chi connectivity index (χ0v) is 16.4. The summed E-state index contributed by atoms with van der Waals surface area (Å²) in [5.74, 6) is 0.217. The Labute approximate surface area is 166 Å². The summed E-state index contributed by atoms with van der Waals surface area (Å²) in [6.45, 7) is 4.90. The van der Waals surface area contributed by atoms with Gasteiger partial charge >= 0.3 is 6.09 Å². The Morgan fingerprint density at radius 3 is 1.96 bits per heavy atom. The van der Waals surface area contributed by atoms with Gasteiger partial charge in [-0.2, -0.15) is 0 Å². The average Bonchev–Trinajstić information content (AvgIpc) is 2.73. The topological polar surface area (TPSA) is 49.9 Å². The van der Waals surface area contributed by atoms with E-state index < -0.39 is 0 Å². The highest BCUT2D eigenvalue weighted by Crippen LogP contribution is 2.15. The van der Waals surface area contributed by atoms with Crippen molar-refractivity contribution in [1.82, 2.24) is 9.80 Å². The van der Waals surface area contributed by atoms with Crippen molar-refractivity contribution in [2.24, 2.45) is 0 Å². The molecular weight excluding hydrogens is 352 g/mol. The van der Waals surface area contributed by atoms with Gasteiger partial charge in [-0.25, -0.2) is 4.79 Å². The van der Waals surface area contributed by atoms with Crippen LogP contribution in [0.15, 0.2) is 60.7 Å². The maximum Gasteiger partial charge on any atom is 0.409 e. The normalized spacial score (nSPS) is 15.5. The second kappa shape index (κ2) is 10.0. The number of hydrogen-bond donors (Lipinski definition) is 0. The first kappa shape index (κ1) is 20.1. The maximum atomic E-state index is 12.3. The molecule has 0 spiro atoms. The van der Waals surface area contributed by atoms with Crippen molar-refractivity contribution in [2.45, 2.75) is 38.9 Å². The van der Waals surface area contributed by atoms with Crippen LogP contribution >= 0.6 is 0 Å². The van der Waals surface area contributed by atoms with Crippen LogP contribution in [0.4, 0.5) is 4.79 Å². The molecule has 1 amide bonds. The van der Waals surface area contributed by atoms with Gasteiger partial charge in [0.25, 0.3) is 0 Å². The molecule has 0 saturated carbocycles. The van der Waals surface area contributed by atoms with E-state index in [1.54, 1.807) is 4.90 Å². The van der Waals surface area contributed by atoms with Gasteiger partial charge in [-0.05, 0) is 18.1 Å². The molecule has 0 bridgehead atoms. The van der Waals surface area contributed by atoms with E-state index in [-0.39, 0.29) is 17.9 Å². The SMILES string of the molecule is CC(COC(=O)N1CCC(=O)CC1)N(Cc1ccccc1)Cc1ccccc1. The number of likely N-dealkylation sites (tertiary alicyclic amines) is 1. The molecule has 3 rings (SSSR count). The monoisotopic (exact) mass is 380 g/mol. The van der Waals surface area contributed by atoms with Gasteiger partial charge in [-0.1, -0.05) is 60.7 Å². The Morgan fingerprint density at radius 1 is 0.964 bits per heavy atom. The van der Waals surface area contributed by atoms with Crippen LogP contribution in [-0.4, -0.2) is 47.4 Å². The average molecular weight is 380 g/mol. The standard InChI is InChI=1S/C23H28N2O3/c1-19(18-28-23(27)24-14-12-22(26)13-15-24)25(16-20-8-4-2-5-9-20)17-21-10-6-3-7-11-21/h2-11,19H,12-18H2,1H3. The van der Waals surface area contributed by atoms with E-state index in [9.17, 15) is 9.59 Å². The second-order valence-electron chi connectivity index (χ2n) is 7.33. The first-order valence-electron chi connectivity index (χ1n) is 9.87. The first-order valence-corrected chi connectivity index (χ1v) is 9.87. The third-order valence-corrected chi connectivity index (χ3v) is 5.11. The number of carbonyl (C=O) groups excluding carboxylic acids is 2. The fourth-order valence-corrected chi connectivity index (χ4v) is 3.33. The van der Waals surface area contributed by atoms with E-state index in [1.807, 2.05) is 36.4 Å². The highest BCUT2D eigenvalue weighted by molar-refractivity contribution is 5.81. The Kier molecular flexibility index (Phi) is 7.20. The summed E-state index contributed by atoms with van der Waals surface area (Å²) in [4.78, 5) is 27.6. The zero-order valence-electron chi connectivity index (χ0n) is 16.4. The molecule has 1 atom stereocenters. The molecule has 2 aromatic rings. The first-order chi connectivity index (χ1) is 13.6. The summed E-state index contributed by atoms with van der Waals surface area (Å²) in [6, 6.07) is 20.7. The molecule has 2 aromatic carbocycles. The molecular formula is C23H28N2O3. The third kappa shape index (κ3) is 5.92. The molecule has 1 unspecified atom stereocenters. The second-order valence-corrected chi connectivity index (χ2v) is 7.33. The van der Waals surface area contributed by atoms with Crippen molar-refractivity contribution < 1.29 is 14.3 Å². The van der Waals surface area contributed by atoms with E-state index in [1.165, 1.54) is 11.1 Å². The summed E-state index contributed by atoms with van der Waals surface area (Å²) < 4.78 is 5.57. The molecule has 1 heterocycles. The number of hydrogen-bond acceptors (Lipinski definition) is 4. The van der Waals surface area contributed by atoms with Crippen molar-refractivity contribution >= 4 is 11.9 Å². The lowest BCUT2D eigenvalue weighted by molar-refractivity contribution is -0.121. The highest BCUT2D eigenvalue weighted by atomic mass is 16.6. The van der Waals surface area contributed by atoms with Crippen molar-refractivity contribution in [3.8, 4) is 0 Å². The van der Waals surface area contributed by atoms with Crippen LogP contribution < -0.4 is 0 Å². The van der Waals surface area contributed by atoms with Gasteiger partial charge < -0.3 is 9.64 Å². The van der Waals surface area contributed by atoms with Crippen LogP contribution in [0.25, 0.3) is 0 Å². The molecule has 5 nitrogen and oxygen atoms in total. The summed E-state index contributed by atoms with van der Waals surface area (Å²) >= 11 is 0. The molecule has 148 valence electrons. The molecule has 0 aliphatic carbocycles. The molecule has 5 heteroatoms. The van der Waals surface area contributed by atoms with Crippen molar-refractivity contribution in [1.29, 1.82) is 0 Å². The van der Waals surface area contributed by atoms with E-state index in [4.69, 9.17) is 4.74 Å². The van der Waals surface area contributed by atoms with Crippen molar-refractivity contribution in [3.63, 3.8) is 0 Å². The van der Waals surface area contributed by atoms with E-state index in [0.717, 1.165) is 13.1 Å². The lowest BCUT2D eigenvalue weighted by Crippen LogP contribution is -2.41. The van der Waals surface area contributed by atoms with Gasteiger partial charge in [0.15, 0.2) is 0 Å². The molecule has 1 aliphatic rings. The van der Waals surface area contributed by atoms with E-state index in [0.29, 0.717) is 32.5 Å². The Morgan fingerprint density at radius 2 is 1.46 bits per heavy atom. The number of benzene rings is 2. The van der Waals surface area contributed by atoms with Gasteiger partial charge in [0.2, 0.25) is 0 Å². The molecule has 0 radical (unpaired) electrons. The van der Waals surface area contributed by atoms with Gasteiger partial charge in [-0.3, -0.25) is 9.69 Å². The summed E-state index contributed by atoms with van der Waals surface area (Å²) in [7, 11) is 0. The quantitative estimate of drug-likeness (QED) is 0.731. The third-order valence-electron chi connectivity index (χ3n) is 5.11. The fourth-order valence-electron chi connectivity index (χ4n) is 3.33. The Hall–Kier alpha value is -2.66. The van der Waals surface area contributed by atoms with Gasteiger partial charge in [0, 0.05) is 45.1 Å². The highest BCUT2D eigenvalue weighted by Gasteiger charge is 2.23. The Bertz CT molecular complexity index is 712. The largest absolute Gasteiger partial charge is 0.448 e. The molecule has 0 aromatic heterocycles. The number of piperidine rings is 1. The molecule has 28 heavy (non-hydrogen) atoms. The van der Waals surface area contributed by atoms with Crippen molar-refractivity contribution in [3.05, 3.63) is 71.8 Å². The van der Waals surface area contributed by atoms with Crippen LogP contribution in [0.5, 0.6) is 0 Å². The summed E-state index contributed by atoms with van der Waals surface area (Å²) in [6.07, 6.45) is 0.538. The fraction of sp³-hybridized carbons (Fsp3) is 0.391. The minimum absolute atomic E-state index is 0.0655. The van der Waals surface area contributed by atoms with Crippen LogP contribution in [-0.2, 0) is 22.6 Å².